The highest BCUT2D eigenvalue weighted by atomic mass is 16.5. The van der Waals surface area contributed by atoms with Crippen LogP contribution in [-0.2, 0) is 11.2 Å². The summed E-state index contributed by atoms with van der Waals surface area (Å²) in [6, 6.07) is 14.4. The lowest BCUT2D eigenvalue weighted by Gasteiger charge is -2.20. The van der Waals surface area contributed by atoms with Gasteiger partial charge in [0.25, 0.3) is 0 Å². The van der Waals surface area contributed by atoms with Gasteiger partial charge in [-0.1, -0.05) is 57.2 Å². The first-order valence-electron chi connectivity index (χ1n) is 10.5. The van der Waals surface area contributed by atoms with Gasteiger partial charge in [-0.3, -0.25) is 4.79 Å². The Morgan fingerprint density at radius 2 is 1.90 bits per heavy atom. The molecule has 3 aromatic rings. The fourth-order valence-corrected chi connectivity index (χ4v) is 3.92. The summed E-state index contributed by atoms with van der Waals surface area (Å²) in [6.07, 6.45) is 4.40. The fourth-order valence-electron chi connectivity index (χ4n) is 3.92. The molecule has 4 heteroatoms. The van der Waals surface area contributed by atoms with E-state index < -0.39 is 0 Å². The highest BCUT2D eigenvalue weighted by Gasteiger charge is 2.24. The average Bonchev–Trinajstić information content (AvgIpc) is 3.15. The fraction of sp³-hybridized carbons (Fsp3) is 0.400. The summed E-state index contributed by atoms with van der Waals surface area (Å²) in [5.41, 5.74) is 4.62. The van der Waals surface area contributed by atoms with Crippen LogP contribution in [0.15, 0.2) is 48.7 Å². The molecule has 0 aliphatic heterocycles. The zero-order valence-electron chi connectivity index (χ0n) is 17.9. The molecule has 0 radical (unpaired) electrons. The van der Waals surface area contributed by atoms with Crippen LogP contribution in [0.2, 0.25) is 0 Å². The van der Waals surface area contributed by atoms with Gasteiger partial charge in [0, 0.05) is 41.5 Å². The third-order valence-corrected chi connectivity index (χ3v) is 5.54. The number of aromatic nitrogens is 1. The summed E-state index contributed by atoms with van der Waals surface area (Å²) in [6.45, 7) is 7.21. The third kappa shape index (κ3) is 4.81. The molecule has 0 saturated carbocycles. The van der Waals surface area contributed by atoms with Crippen LogP contribution in [0.4, 0.5) is 0 Å². The molecule has 0 fully saturated rings. The molecule has 1 heterocycles. The van der Waals surface area contributed by atoms with E-state index in [0.29, 0.717) is 18.9 Å². The van der Waals surface area contributed by atoms with E-state index in [2.05, 4.69) is 61.5 Å². The van der Waals surface area contributed by atoms with E-state index in [1.807, 2.05) is 18.2 Å². The first-order chi connectivity index (χ1) is 14.0. The third-order valence-electron chi connectivity index (χ3n) is 5.54. The normalized spacial score (nSPS) is 12.3. The van der Waals surface area contributed by atoms with Crippen LogP contribution in [0, 0.1) is 5.92 Å². The van der Waals surface area contributed by atoms with E-state index in [9.17, 15) is 4.79 Å². The molecule has 2 N–H and O–H groups in total. The quantitative estimate of drug-likeness (QED) is 0.511. The summed E-state index contributed by atoms with van der Waals surface area (Å²) >= 11 is 0. The lowest BCUT2D eigenvalue weighted by atomic mass is 9.87. The number of nitrogens with one attached hydrogen (secondary N) is 2. The number of aryl methyl sites for hydroxylation is 1. The molecule has 1 atom stereocenters. The predicted octanol–water partition coefficient (Wildman–Crippen LogP) is 5.42. The van der Waals surface area contributed by atoms with Crippen molar-refractivity contribution in [2.45, 2.75) is 46.0 Å². The molecule has 29 heavy (non-hydrogen) atoms. The number of para-hydroxylation sites is 2. The molecule has 4 nitrogen and oxygen atoms in total. The van der Waals surface area contributed by atoms with Crippen LogP contribution in [0.5, 0.6) is 5.75 Å². The van der Waals surface area contributed by atoms with Gasteiger partial charge in [0.2, 0.25) is 5.91 Å². The molecule has 0 aliphatic carbocycles. The van der Waals surface area contributed by atoms with Crippen molar-refractivity contribution in [3.63, 3.8) is 0 Å². The van der Waals surface area contributed by atoms with Gasteiger partial charge in [0.1, 0.15) is 5.75 Å². The molecular weight excluding hydrogens is 360 g/mol. The van der Waals surface area contributed by atoms with Crippen molar-refractivity contribution in [1.29, 1.82) is 0 Å². The number of aromatic amines is 1. The Balaban J connectivity index is 1.99. The Morgan fingerprint density at radius 1 is 1.10 bits per heavy atom. The number of methoxy groups -OCH3 is 1. The zero-order chi connectivity index (χ0) is 20.8. The number of H-pyrrole nitrogens is 1. The van der Waals surface area contributed by atoms with Gasteiger partial charge in [0.15, 0.2) is 0 Å². The molecular formula is C25H32N2O2. The van der Waals surface area contributed by atoms with Crippen molar-refractivity contribution in [2.24, 2.45) is 5.92 Å². The molecule has 0 bridgehead atoms. The van der Waals surface area contributed by atoms with E-state index in [1.54, 1.807) is 7.11 Å². The van der Waals surface area contributed by atoms with Crippen molar-refractivity contribution >= 4 is 16.8 Å². The van der Waals surface area contributed by atoms with Gasteiger partial charge >= 0.3 is 0 Å². The summed E-state index contributed by atoms with van der Waals surface area (Å²) in [4.78, 5) is 16.3. The molecule has 0 saturated heterocycles. The van der Waals surface area contributed by atoms with E-state index in [4.69, 9.17) is 4.74 Å². The Hall–Kier alpha value is -2.75. The molecule has 0 spiro atoms. The first kappa shape index (κ1) is 21.0. The topological polar surface area (TPSA) is 54.1 Å². The summed E-state index contributed by atoms with van der Waals surface area (Å²) < 4.78 is 5.63. The van der Waals surface area contributed by atoms with Crippen molar-refractivity contribution in [3.05, 3.63) is 65.4 Å². The van der Waals surface area contributed by atoms with E-state index in [0.717, 1.165) is 35.2 Å². The minimum atomic E-state index is -0.0777. The average molecular weight is 393 g/mol. The second-order valence-electron chi connectivity index (χ2n) is 7.97. The first-order valence-corrected chi connectivity index (χ1v) is 10.5. The standard InChI is InChI=1S/C25H32N2O2/c1-5-18-9-8-11-20-22(16-27-25(18)20)21(15-24(28)26-14-13-17(2)3)19-10-6-7-12-23(19)29-4/h6-12,16-17,21,27H,5,13-15H2,1-4H3,(H,26,28)/t21-/m0/s1. The van der Waals surface area contributed by atoms with Gasteiger partial charge in [0.05, 0.1) is 7.11 Å². The van der Waals surface area contributed by atoms with Crippen LogP contribution < -0.4 is 10.1 Å². The Kier molecular flexibility index (Phi) is 6.97. The Labute approximate surface area is 173 Å². The maximum absolute atomic E-state index is 12.8. The summed E-state index contributed by atoms with van der Waals surface area (Å²) in [7, 11) is 1.68. The van der Waals surface area contributed by atoms with E-state index in [1.165, 1.54) is 10.9 Å². The molecule has 154 valence electrons. The van der Waals surface area contributed by atoms with Gasteiger partial charge in [-0.25, -0.2) is 0 Å². The molecule has 2 aromatic carbocycles. The lowest BCUT2D eigenvalue weighted by Crippen LogP contribution is -2.27. The second kappa shape index (κ2) is 9.64. The van der Waals surface area contributed by atoms with Gasteiger partial charge in [-0.15, -0.1) is 0 Å². The van der Waals surface area contributed by atoms with Crippen molar-refractivity contribution in [1.82, 2.24) is 10.3 Å². The van der Waals surface area contributed by atoms with Crippen molar-refractivity contribution in [2.75, 3.05) is 13.7 Å². The van der Waals surface area contributed by atoms with Crippen molar-refractivity contribution in [3.8, 4) is 5.75 Å². The minimum absolute atomic E-state index is 0.0718. The maximum atomic E-state index is 12.8. The van der Waals surface area contributed by atoms with Crippen LogP contribution in [0.25, 0.3) is 10.9 Å². The Bertz CT molecular complexity index is 958. The van der Waals surface area contributed by atoms with Crippen LogP contribution in [0.1, 0.15) is 56.2 Å². The van der Waals surface area contributed by atoms with Crippen molar-refractivity contribution < 1.29 is 9.53 Å². The molecule has 1 aromatic heterocycles. The number of hydrogen-bond acceptors (Lipinski definition) is 2. The number of benzene rings is 2. The zero-order valence-corrected chi connectivity index (χ0v) is 17.9. The van der Waals surface area contributed by atoms with Crippen LogP contribution in [-0.4, -0.2) is 24.5 Å². The number of carbonyl (C=O) groups is 1. The largest absolute Gasteiger partial charge is 0.496 e. The predicted molar refractivity (Wildman–Crippen MR) is 120 cm³/mol. The second-order valence-corrected chi connectivity index (χ2v) is 7.97. The van der Waals surface area contributed by atoms with Gasteiger partial charge < -0.3 is 15.0 Å². The SMILES string of the molecule is CCc1cccc2c([C@@H](CC(=O)NCCC(C)C)c3ccccc3OC)c[nH]c12. The Morgan fingerprint density at radius 3 is 2.62 bits per heavy atom. The highest BCUT2D eigenvalue weighted by molar-refractivity contribution is 5.88. The van der Waals surface area contributed by atoms with E-state index in [-0.39, 0.29) is 11.8 Å². The lowest BCUT2D eigenvalue weighted by molar-refractivity contribution is -0.121. The highest BCUT2D eigenvalue weighted by Crippen LogP contribution is 2.38. The molecule has 0 aliphatic rings. The smallest absolute Gasteiger partial charge is 0.220 e. The number of hydrogen-bond donors (Lipinski definition) is 2. The monoisotopic (exact) mass is 392 g/mol. The molecule has 3 rings (SSSR count). The number of amides is 1. The van der Waals surface area contributed by atoms with Gasteiger partial charge in [-0.2, -0.15) is 0 Å². The van der Waals surface area contributed by atoms with Gasteiger partial charge in [-0.05, 0) is 36.0 Å². The molecule has 0 unspecified atom stereocenters. The number of fused-ring (bicyclic) bond motifs is 1. The number of ether oxygens (including phenoxy) is 1. The van der Waals surface area contributed by atoms with Crippen LogP contribution >= 0.6 is 0 Å². The summed E-state index contributed by atoms with van der Waals surface area (Å²) in [5.74, 6) is 1.38. The summed E-state index contributed by atoms with van der Waals surface area (Å²) in [5, 5.41) is 4.27. The number of carbonyl (C=O) groups excluding carboxylic acids is 1. The minimum Gasteiger partial charge on any atom is -0.496 e. The van der Waals surface area contributed by atoms with Crippen LogP contribution in [0.3, 0.4) is 0 Å². The van der Waals surface area contributed by atoms with E-state index >= 15 is 0 Å². The maximum Gasteiger partial charge on any atom is 0.220 e. The molecule has 1 amide bonds. The number of rotatable bonds is 9.